The van der Waals surface area contributed by atoms with Gasteiger partial charge in [-0.15, -0.1) is 0 Å². The first-order chi connectivity index (χ1) is 12.4. The Morgan fingerprint density at radius 1 is 1.19 bits per heavy atom. The molecule has 1 aromatic carbocycles. The van der Waals surface area contributed by atoms with E-state index in [0.29, 0.717) is 37.4 Å². The summed E-state index contributed by atoms with van der Waals surface area (Å²) >= 11 is 0. The second kappa shape index (κ2) is 6.86. The molecule has 1 atom stereocenters. The number of carbonyl (C=O) groups is 3. The molecule has 0 N–H and O–H groups in total. The third-order valence-corrected chi connectivity index (χ3v) is 5.09. The summed E-state index contributed by atoms with van der Waals surface area (Å²) in [5.41, 5.74) is 0.0998. The standard InChI is InChI=1S/C18H22N2O6/c1-4-18-10-19(5-6-20(18)17(23)26-11-18)15(21)12-7-13(16(22)25-3)9-14(8-12)24-2/h7-9H,4-6,10-11H2,1-3H3. The second-order valence-electron chi connectivity index (χ2n) is 6.45. The van der Waals surface area contributed by atoms with Crippen LogP contribution in [0, 0.1) is 0 Å². The van der Waals surface area contributed by atoms with Gasteiger partial charge in [0.15, 0.2) is 0 Å². The van der Waals surface area contributed by atoms with Crippen molar-refractivity contribution < 1.29 is 28.6 Å². The molecule has 0 bridgehead atoms. The lowest BCUT2D eigenvalue weighted by Crippen LogP contribution is -2.62. The van der Waals surface area contributed by atoms with Gasteiger partial charge in [-0.05, 0) is 24.6 Å². The minimum absolute atomic E-state index is 0.221. The van der Waals surface area contributed by atoms with Crippen LogP contribution in [0.2, 0.25) is 0 Å². The average molecular weight is 362 g/mol. The molecule has 140 valence electrons. The van der Waals surface area contributed by atoms with E-state index in [0.717, 1.165) is 0 Å². The Morgan fingerprint density at radius 3 is 2.58 bits per heavy atom. The van der Waals surface area contributed by atoms with Gasteiger partial charge in [0.25, 0.3) is 5.91 Å². The summed E-state index contributed by atoms with van der Waals surface area (Å²) in [5.74, 6) is -0.358. The SMILES string of the molecule is CCC12COC(=O)N1CCN(C(=O)c1cc(OC)cc(C(=O)OC)c1)C2. The second-order valence-corrected chi connectivity index (χ2v) is 6.45. The van der Waals surface area contributed by atoms with Crippen LogP contribution in [0.15, 0.2) is 18.2 Å². The first kappa shape index (κ1) is 18.0. The summed E-state index contributed by atoms with van der Waals surface area (Å²) in [7, 11) is 2.75. The van der Waals surface area contributed by atoms with Crippen LogP contribution in [-0.2, 0) is 9.47 Å². The average Bonchev–Trinajstić information content (AvgIpc) is 3.02. The first-order valence-corrected chi connectivity index (χ1v) is 8.45. The molecule has 0 aromatic heterocycles. The molecule has 3 rings (SSSR count). The number of ether oxygens (including phenoxy) is 3. The van der Waals surface area contributed by atoms with E-state index in [4.69, 9.17) is 14.2 Å². The van der Waals surface area contributed by atoms with Gasteiger partial charge in [-0.1, -0.05) is 6.92 Å². The van der Waals surface area contributed by atoms with E-state index in [1.807, 2.05) is 6.92 Å². The number of benzene rings is 1. The molecular formula is C18H22N2O6. The Kier molecular flexibility index (Phi) is 4.76. The van der Waals surface area contributed by atoms with Crippen molar-refractivity contribution in [1.29, 1.82) is 0 Å². The van der Waals surface area contributed by atoms with E-state index in [1.54, 1.807) is 15.9 Å². The zero-order valence-electron chi connectivity index (χ0n) is 15.1. The molecule has 2 heterocycles. The lowest BCUT2D eigenvalue weighted by Gasteiger charge is -2.44. The Balaban J connectivity index is 1.88. The van der Waals surface area contributed by atoms with E-state index in [1.165, 1.54) is 26.4 Å². The van der Waals surface area contributed by atoms with E-state index in [9.17, 15) is 14.4 Å². The number of rotatable bonds is 4. The van der Waals surface area contributed by atoms with Gasteiger partial charge >= 0.3 is 12.1 Å². The molecular weight excluding hydrogens is 340 g/mol. The van der Waals surface area contributed by atoms with Gasteiger partial charge in [0.1, 0.15) is 12.4 Å². The number of hydrogen-bond acceptors (Lipinski definition) is 6. The highest BCUT2D eigenvalue weighted by Gasteiger charge is 2.50. The highest BCUT2D eigenvalue weighted by molar-refractivity contribution is 5.98. The van der Waals surface area contributed by atoms with Gasteiger partial charge in [-0.3, -0.25) is 9.69 Å². The predicted octanol–water partition coefficient (Wildman–Crippen LogP) is 1.54. The minimum Gasteiger partial charge on any atom is -0.497 e. The van der Waals surface area contributed by atoms with Crippen molar-refractivity contribution >= 4 is 18.0 Å². The van der Waals surface area contributed by atoms with E-state index < -0.39 is 11.5 Å². The van der Waals surface area contributed by atoms with Crippen molar-refractivity contribution in [1.82, 2.24) is 9.80 Å². The van der Waals surface area contributed by atoms with Crippen molar-refractivity contribution in [3.05, 3.63) is 29.3 Å². The zero-order valence-corrected chi connectivity index (χ0v) is 15.1. The van der Waals surface area contributed by atoms with Crippen LogP contribution in [-0.4, -0.2) is 73.8 Å². The number of fused-ring (bicyclic) bond motifs is 1. The molecule has 26 heavy (non-hydrogen) atoms. The number of cyclic esters (lactones) is 1. The van der Waals surface area contributed by atoms with E-state index in [-0.39, 0.29) is 24.2 Å². The molecule has 2 aliphatic rings. The summed E-state index contributed by atoms with van der Waals surface area (Å²) in [6.07, 6.45) is 0.363. The fourth-order valence-electron chi connectivity index (χ4n) is 3.50. The molecule has 2 saturated heterocycles. The summed E-state index contributed by atoms with van der Waals surface area (Å²) in [4.78, 5) is 40.2. The molecule has 0 radical (unpaired) electrons. The Hall–Kier alpha value is -2.77. The van der Waals surface area contributed by atoms with Crippen LogP contribution >= 0.6 is 0 Å². The van der Waals surface area contributed by atoms with Crippen molar-refractivity contribution in [3.63, 3.8) is 0 Å². The number of nitrogens with zero attached hydrogens (tertiary/aromatic N) is 2. The number of hydrogen-bond donors (Lipinski definition) is 0. The van der Waals surface area contributed by atoms with Crippen LogP contribution in [0.1, 0.15) is 34.1 Å². The number of carbonyl (C=O) groups excluding carboxylic acids is 3. The van der Waals surface area contributed by atoms with Gasteiger partial charge in [0, 0.05) is 25.2 Å². The van der Waals surface area contributed by atoms with Crippen molar-refractivity contribution in [3.8, 4) is 5.75 Å². The maximum absolute atomic E-state index is 13.0. The van der Waals surface area contributed by atoms with Gasteiger partial charge in [-0.2, -0.15) is 0 Å². The molecule has 8 heteroatoms. The van der Waals surface area contributed by atoms with Crippen molar-refractivity contribution in [2.24, 2.45) is 0 Å². The summed E-state index contributed by atoms with van der Waals surface area (Å²) in [5, 5.41) is 0. The Morgan fingerprint density at radius 2 is 1.92 bits per heavy atom. The number of amides is 2. The van der Waals surface area contributed by atoms with Crippen LogP contribution in [0.25, 0.3) is 0 Å². The maximum Gasteiger partial charge on any atom is 0.410 e. The van der Waals surface area contributed by atoms with E-state index >= 15 is 0 Å². The summed E-state index contributed by atoms with van der Waals surface area (Å²) < 4.78 is 15.1. The molecule has 8 nitrogen and oxygen atoms in total. The quantitative estimate of drug-likeness (QED) is 0.756. The fraction of sp³-hybridized carbons (Fsp3) is 0.500. The van der Waals surface area contributed by atoms with Gasteiger partial charge in [0.05, 0.1) is 25.3 Å². The molecule has 0 aliphatic carbocycles. The predicted molar refractivity (Wildman–Crippen MR) is 91.3 cm³/mol. The highest BCUT2D eigenvalue weighted by atomic mass is 16.6. The topological polar surface area (TPSA) is 85.4 Å². The van der Waals surface area contributed by atoms with Gasteiger partial charge in [0.2, 0.25) is 0 Å². The molecule has 2 aliphatic heterocycles. The first-order valence-electron chi connectivity index (χ1n) is 8.45. The third-order valence-electron chi connectivity index (χ3n) is 5.09. The maximum atomic E-state index is 13.0. The highest BCUT2D eigenvalue weighted by Crippen LogP contribution is 2.32. The van der Waals surface area contributed by atoms with Crippen molar-refractivity contribution in [2.45, 2.75) is 18.9 Å². The smallest absolute Gasteiger partial charge is 0.410 e. The minimum atomic E-state index is -0.539. The summed E-state index contributed by atoms with van der Waals surface area (Å²) in [6, 6.07) is 4.62. The van der Waals surface area contributed by atoms with Crippen LogP contribution in [0.5, 0.6) is 5.75 Å². The Labute approximate surface area is 151 Å². The van der Waals surface area contributed by atoms with Gasteiger partial charge in [-0.25, -0.2) is 9.59 Å². The summed E-state index contributed by atoms with van der Waals surface area (Å²) in [6.45, 7) is 3.47. The van der Waals surface area contributed by atoms with E-state index in [2.05, 4.69) is 0 Å². The van der Waals surface area contributed by atoms with Crippen LogP contribution < -0.4 is 4.74 Å². The molecule has 1 unspecified atom stereocenters. The fourth-order valence-corrected chi connectivity index (χ4v) is 3.50. The monoisotopic (exact) mass is 362 g/mol. The normalized spacial score (nSPS) is 21.9. The van der Waals surface area contributed by atoms with Crippen LogP contribution in [0.3, 0.4) is 0 Å². The lowest BCUT2D eigenvalue weighted by molar-refractivity contribution is 0.0361. The number of methoxy groups -OCH3 is 2. The third kappa shape index (κ3) is 2.95. The number of piperazine rings is 1. The molecule has 0 spiro atoms. The molecule has 2 amide bonds. The molecule has 2 fully saturated rings. The zero-order chi connectivity index (χ0) is 18.9. The number of esters is 1. The Bertz CT molecular complexity index is 749. The molecule has 1 aromatic rings. The van der Waals surface area contributed by atoms with Crippen molar-refractivity contribution in [2.75, 3.05) is 40.5 Å². The largest absolute Gasteiger partial charge is 0.497 e. The lowest BCUT2D eigenvalue weighted by atomic mass is 9.92. The van der Waals surface area contributed by atoms with Gasteiger partial charge < -0.3 is 19.1 Å². The van der Waals surface area contributed by atoms with Crippen LogP contribution in [0.4, 0.5) is 4.79 Å². The molecule has 0 saturated carbocycles.